The number of ether oxygens (including phenoxy) is 1. The molecule has 126 valence electrons. The van der Waals surface area contributed by atoms with Gasteiger partial charge < -0.3 is 19.8 Å². The van der Waals surface area contributed by atoms with Gasteiger partial charge in [0, 0.05) is 13.1 Å². The van der Waals surface area contributed by atoms with E-state index in [0.29, 0.717) is 25.3 Å². The normalized spacial score (nSPS) is 17.0. The zero-order valence-corrected chi connectivity index (χ0v) is 12.9. The van der Waals surface area contributed by atoms with Crippen LogP contribution in [0, 0.1) is 11.7 Å². The van der Waals surface area contributed by atoms with Gasteiger partial charge in [0.25, 0.3) is 5.91 Å². The second kappa shape index (κ2) is 6.74. The minimum atomic E-state index is -0.463. The number of hydrogen-bond acceptors (Lipinski definition) is 4. The molecule has 24 heavy (non-hydrogen) atoms. The van der Waals surface area contributed by atoms with Crippen molar-refractivity contribution < 1.29 is 23.1 Å². The van der Waals surface area contributed by atoms with Crippen LogP contribution < -0.4 is 10.5 Å². The van der Waals surface area contributed by atoms with Gasteiger partial charge in [-0.1, -0.05) is 12.1 Å². The van der Waals surface area contributed by atoms with Gasteiger partial charge >= 0.3 is 0 Å². The maximum absolute atomic E-state index is 13.5. The second-order valence-corrected chi connectivity index (χ2v) is 5.62. The zero-order valence-electron chi connectivity index (χ0n) is 12.9. The first kappa shape index (κ1) is 16.0. The SMILES string of the molecule is NC(=O)[C@H]1CCN(C(=O)c2ccc(COc3ccccc3F)o2)C1. The molecule has 1 saturated heterocycles. The lowest BCUT2D eigenvalue weighted by atomic mass is 10.1. The maximum Gasteiger partial charge on any atom is 0.289 e. The van der Waals surface area contributed by atoms with Gasteiger partial charge in [0.2, 0.25) is 5.91 Å². The number of nitrogens with zero attached hydrogens (tertiary/aromatic N) is 1. The Balaban J connectivity index is 1.60. The fourth-order valence-electron chi connectivity index (χ4n) is 2.61. The number of nitrogens with two attached hydrogens (primary N) is 1. The van der Waals surface area contributed by atoms with Crippen LogP contribution in [0.3, 0.4) is 0 Å². The molecule has 1 atom stereocenters. The van der Waals surface area contributed by atoms with Crippen LogP contribution in [0.25, 0.3) is 0 Å². The average molecular weight is 332 g/mol. The summed E-state index contributed by atoms with van der Waals surface area (Å²) in [7, 11) is 0. The minimum Gasteiger partial charge on any atom is -0.483 e. The summed E-state index contributed by atoms with van der Waals surface area (Å²) < 4.78 is 24.3. The Hall–Kier alpha value is -2.83. The predicted octanol–water partition coefficient (Wildman–Crippen LogP) is 1.95. The van der Waals surface area contributed by atoms with Crippen LogP contribution in [-0.4, -0.2) is 29.8 Å². The van der Waals surface area contributed by atoms with Crippen LogP contribution in [-0.2, 0) is 11.4 Å². The van der Waals surface area contributed by atoms with Crippen LogP contribution in [0.2, 0.25) is 0 Å². The molecule has 1 fully saturated rings. The molecule has 7 heteroatoms. The van der Waals surface area contributed by atoms with Crippen molar-refractivity contribution in [3.05, 3.63) is 53.7 Å². The quantitative estimate of drug-likeness (QED) is 0.907. The van der Waals surface area contributed by atoms with Crippen molar-refractivity contribution in [2.24, 2.45) is 11.7 Å². The lowest BCUT2D eigenvalue weighted by Crippen LogP contribution is -2.31. The molecule has 2 N–H and O–H groups in total. The molecule has 0 spiro atoms. The highest BCUT2D eigenvalue weighted by Gasteiger charge is 2.31. The Morgan fingerprint density at radius 3 is 2.79 bits per heavy atom. The van der Waals surface area contributed by atoms with E-state index in [2.05, 4.69) is 0 Å². The van der Waals surface area contributed by atoms with Crippen LogP contribution in [0.15, 0.2) is 40.8 Å². The summed E-state index contributed by atoms with van der Waals surface area (Å²) in [6.45, 7) is 0.780. The molecule has 0 saturated carbocycles. The van der Waals surface area contributed by atoms with Gasteiger partial charge in [-0.2, -0.15) is 0 Å². The number of carbonyl (C=O) groups is 2. The molecule has 6 nitrogen and oxygen atoms in total. The van der Waals surface area contributed by atoms with Crippen molar-refractivity contribution in [2.75, 3.05) is 13.1 Å². The van der Waals surface area contributed by atoms with Gasteiger partial charge in [-0.3, -0.25) is 9.59 Å². The van der Waals surface area contributed by atoms with E-state index < -0.39 is 11.7 Å². The van der Waals surface area contributed by atoms with Crippen LogP contribution in [0.5, 0.6) is 5.75 Å². The van der Waals surface area contributed by atoms with E-state index >= 15 is 0 Å². The van der Waals surface area contributed by atoms with Gasteiger partial charge in [0.1, 0.15) is 12.4 Å². The predicted molar refractivity (Wildman–Crippen MR) is 82.6 cm³/mol. The fourth-order valence-corrected chi connectivity index (χ4v) is 2.61. The summed E-state index contributed by atoms with van der Waals surface area (Å²) in [4.78, 5) is 25.0. The lowest BCUT2D eigenvalue weighted by Gasteiger charge is -2.13. The number of amides is 2. The van der Waals surface area contributed by atoms with E-state index in [9.17, 15) is 14.0 Å². The topological polar surface area (TPSA) is 85.8 Å². The summed E-state index contributed by atoms with van der Waals surface area (Å²) >= 11 is 0. The summed E-state index contributed by atoms with van der Waals surface area (Å²) in [5.74, 6) is -0.785. The molecule has 2 aromatic rings. The highest BCUT2D eigenvalue weighted by atomic mass is 19.1. The zero-order chi connectivity index (χ0) is 17.1. The average Bonchev–Trinajstić information content (AvgIpc) is 3.23. The van der Waals surface area contributed by atoms with Crippen LogP contribution in [0.1, 0.15) is 22.7 Å². The number of likely N-dealkylation sites (tertiary alicyclic amines) is 1. The highest BCUT2D eigenvalue weighted by molar-refractivity contribution is 5.92. The summed E-state index contributed by atoms with van der Waals surface area (Å²) in [6, 6.07) is 9.20. The van der Waals surface area contributed by atoms with E-state index in [1.165, 1.54) is 17.0 Å². The first-order valence-corrected chi connectivity index (χ1v) is 7.59. The molecule has 0 unspecified atom stereocenters. The number of benzene rings is 1. The Morgan fingerprint density at radius 2 is 2.08 bits per heavy atom. The van der Waals surface area contributed by atoms with E-state index in [4.69, 9.17) is 14.9 Å². The van der Waals surface area contributed by atoms with Gasteiger partial charge in [0.05, 0.1) is 5.92 Å². The largest absolute Gasteiger partial charge is 0.483 e. The molecule has 2 amide bonds. The van der Waals surface area contributed by atoms with Crippen molar-refractivity contribution in [1.29, 1.82) is 0 Å². The third kappa shape index (κ3) is 3.40. The molecular formula is C17H17FN2O4. The minimum absolute atomic E-state index is 0.0120. The van der Waals surface area contributed by atoms with Crippen molar-refractivity contribution in [3.63, 3.8) is 0 Å². The second-order valence-electron chi connectivity index (χ2n) is 5.62. The monoisotopic (exact) mass is 332 g/mol. The standard InChI is InChI=1S/C17H17FN2O4/c18-13-3-1-2-4-14(13)23-10-12-5-6-15(24-12)17(22)20-8-7-11(9-20)16(19)21/h1-6,11H,7-10H2,(H2,19,21)/t11-/m0/s1. The van der Waals surface area contributed by atoms with Crippen LogP contribution >= 0.6 is 0 Å². The van der Waals surface area contributed by atoms with Crippen molar-refractivity contribution in [2.45, 2.75) is 13.0 Å². The molecule has 1 aliphatic heterocycles. The number of para-hydroxylation sites is 1. The molecular weight excluding hydrogens is 315 g/mol. The molecule has 0 aliphatic carbocycles. The number of hydrogen-bond donors (Lipinski definition) is 1. The van der Waals surface area contributed by atoms with E-state index in [0.717, 1.165) is 0 Å². The Kier molecular flexibility index (Phi) is 4.50. The van der Waals surface area contributed by atoms with E-state index in [1.807, 2.05) is 0 Å². The van der Waals surface area contributed by atoms with E-state index in [-0.39, 0.29) is 29.9 Å². The van der Waals surface area contributed by atoms with Gasteiger partial charge in [-0.15, -0.1) is 0 Å². The molecule has 0 radical (unpaired) electrons. The number of rotatable bonds is 5. The molecule has 1 aliphatic rings. The fraction of sp³-hybridized carbons (Fsp3) is 0.294. The Labute approximate surface area is 138 Å². The summed E-state index contributed by atoms with van der Waals surface area (Å²) in [5, 5.41) is 0. The maximum atomic E-state index is 13.5. The lowest BCUT2D eigenvalue weighted by molar-refractivity contribution is -0.121. The smallest absolute Gasteiger partial charge is 0.289 e. The van der Waals surface area contributed by atoms with Gasteiger partial charge in [-0.25, -0.2) is 4.39 Å². The molecule has 3 rings (SSSR count). The Morgan fingerprint density at radius 1 is 1.29 bits per heavy atom. The van der Waals surface area contributed by atoms with E-state index in [1.54, 1.807) is 24.3 Å². The third-order valence-electron chi connectivity index (χ3n) is 3.96. The summed E-state index contributed by atoms with van der Waals surface area (Å²) in [6.07, 6.45) is 0.561. The first-order valence-electron chi connectivity index (χ1n) is 7.59. The van der Waals surface area contributed by atoms with Crippen molar-refractivity contribution in [3.8, 4) is 5.75 Å². The highest BCUT2D eigenvalue weighted by Crippen LogP contribution is 2.21. The van der Waals surface area contributed by atoms with Crippen molar-refractivity contribution >= 4 is 11.8 Å². The molecule has 2 heterocycles. The van der Waals surface area contributed by atoms with Crippen molar-refractivity contribution in [1.82, 2.24) is 4.90 Å². The van der Waals surface area contributed by atoms with Crippen LogP contribution in [0.4, 0.5) is 4.39 Å². The number of halogens is 1. The summed E-state index contributed by atoms with van der Waals surface area (Å²) in [5.41, 5.74) is 5.26. The number of primary amides is 1. The molecule has 1 aromatic carbocycles. The number of furan rings is 1. The van der Waals surface area contributed by atoms with Gasteiger partial charge in [-0.05, 0) is 30.7 Å². The van der Waals surface area contributed by atoms with Gasteiger partial charge in [0.15, 0.2) is 17.3 Å². The molecule has 1 aromatic heterocycles. The Bertz CT molecular complexity index is 759. The molecule has 0 bridgehead atoms. The number of carbonyl (C=O) groups excluding carboxylic acids is 2. The first-order chi connectivity index (χ1) is 11.5. The third-order valence-corrected chi connectivity index (χ3v) is 3.96.